The van der Waals surface area contributed by atoms with Crippen LogP contribution >= 0.6 is 0 Å². The van der Waals surface area contributed by atoms with Crippen molar-refractivity contribution in [3.63, 3.8) is 0 Å². The van der Waals surface area contributed by atoms with Crippen LogP contribution in [0.15, 0.2) is 0 Å². The van der Waals surface area contributed by atoms with Crippen LogP contribution in [0.3, 0.4) is 0 Å². The number of amides is 2. The number of carbonyl (C=O) groups excluding carboxylic acids is 1. The maximum atomic E-state index is 11.8. The van der Waals surface area contributed by atoms with E-state index in [1.807, 2.05) is 0 Å². The van der Waals surface area contributed by atoms with Crippen molar-refractivity contribution in [2.75, 3.05) is 26.4 Å². The average molecular weight is 272 g/mol. The molecule has 1 atom stereocenters. The highest BCUT2D eigenvalue weighted by atomic mass is 16.5. The molecule has 0 aliphatic heterocycles. The van der Waals surface area contributed by atoms with Gasteiger partial charge in [-0.05, 0) is 24.7 Å². The molecule has 1 saturated carbocycles. The lowest BCUT2D eigenvalue weighted by molar-refractivity contribution is 0.0908. The number of nitrogens with one attached hydrogen (secondary N) is 2. The van der Waals surface area contributed by atoms with Crippen molar-refractivity contribution in [3.8, 4) is 0 Å². The van der Waals surface area contributed by atoms with Crippen molar-refractivity contribution in [1.82, 2.24) is 10.6 Å². The second kappa shape index (κ2) is 8.38. The van der Waals surface area contributed by atoms with Crippen LogP contribution in [-0.4, -0.2) is 43.5 Å². The molecule has 0 heterocycles. The molecule has 2 amide bonds. The smallest absolute Gasteiger partial charge is 0.315 e. The Bertz CT molecular complexity index is 269. The fourth-order valence-corrected chi connectivity index (χ4v) is 2.51. The lowest BCUT2D eigenvalue weighted by atomic mass is 9.73. The SMILES string of the molecule is CC1(C)CCCCC1NC(=O)NCCCOCCO. The molecule has 1 unspecified atom stereocenters. The number of rotatable bonds is 7. The van der Waals surface area contributed by atoms with E-state index in [2.05, 4.69) is 24.5 Å². The third-order valence-corrected chi connectivity index (χ3v) is 3.80. The number of aliphatic hydroxyl groups excluding tert-OH is 1. The van der Waals surface area contributed by atoms with Gasteiger partial charge in [0.2, 0.25) is 0 Å². The number of hydrogen-bond acceptors (Lipinski definition) is 3. The van der Waals surface area contributed by atoms with Gasteiger partial charge < -0.3 is 20.5 Å². The molecule has 3 N–H and O–H groups in total. The first kappa shape index (κ1) is 16.2. The molecular weight excluding hydrogens is 244 g/mol. The van der Waals surface area contributed by atoms with Gasteiger partial charge in [0.25, 0.3) is 0 Å². The molecule has 112 valence electrons. The summed E-state index contributed by atoms with van der Waals surface area (Å²) in [6.45, 7) is 6.02. The van der Waals surface area contributed by atoms with Crippen LogP contribution in [0.4, 0.5) is 4.79 Å². The summed E-state index contributed by atoms with van der Waals surface area (Å²) < 4.78 is 5.13. The van der Waals surface area contributed by atoms with Gasteiger partial charge in [0.05, 0.1) is 13.2 Å². The minimum atomic E-state index is -0.0814. The molecule has 1 fully saturated rings. The first-order valence-corrected chi connectivity index (χ1v) is 7.29. The van der Waals surface area contributed by atoms with Crippen molar-refractivity contribution in [2.24, 2.45) is 5.41 Å². The summed E-state index contributed by atoms with van der Waals surface area (Å²) in [5, 5.41) is 14.5. The lowest BCUT2D eigenvalue weighted by Crippen LogP contribution is -2.50. The van der Waals surface area contributed by atoms with Gasteiger partial charge in [-0.2, -0.15) is 0 Å². The molecule has 0 aromatic rings. The van der Waals surface area contributed by atoms with Crippen LogP contribution < -0.4 is 10.6 Å². The fraction of sp³-hybridized carbons (Fsp3) is 0.929. The summed E-state index contributed by atoms with van der Waals surface area (Å²) in [6, 6.07) is 0.189. The predicted molar refractivity (Wildman–Crippen MR) is 75.1 cm³/mol. The summed E-state index contributed by atoms with van der Waals surface area (Å²) in [5.74, 6) is 0. The van der Waals surface area contributed by atoms with Gasteiger partial charge in [0, 0.05) is 19.2 Å². The van der Waals surface area contributed by atoms with Crippen LogP contribution in [0.5, 0.6) is 0 Å². The summed E-state index contributed by atoms with van der Waals surface area (Å²) in [7, 11) is 0. The predicted octanol–water partition coefficient (Wildman–Crippen LogP) is 1.65. The van der Waals surface area contributed by atoms with E-state index in [1.165, 1.54) is 19.3 Å². The highest BCUT2D eigenvalue weighted by Crippen LogP contribution is 2.35. The third-order valence-electron chi connectivity index (χ3n) is 3.80. The van der Waals surface area contributed by atoms with Crippen molar-refractivity contribution in [1.29, 1.82) is 0 Å². The number of urea groups is 1. The van der Waals surface area contributed by atoms with E-state index in [0.717, 1.165) is 12.8 Å². The van der Waals surface area contributed by atoms with Gasteiger partial charge in [0.1, 0.15) is 0 Å². The molecular formula is C14H28N2O3. The Hall–Kier alpha value is -0.810. The van der Waals surface area contributed by atoms with Crippen LogP contribution in [0.2, 0.25) is 0 Å². The highest BCUT2D eigenvalue weighted by molar-refractivity contribution is 5.74. The number of aliphatic hydroxyl groups is 1. The van der Waals surface area contributed by atoms with Crippen molar-refractivity contribution in [2.45, 2.75) is 52.0 Å². The zero-order valence-electron chi connectivity index (χ0n) is 12.2. The van der Waals surface area contributed by atoms with Gasteiger partial charge >= 0.3 is 6.03 Å². The van der Waals surface area contributed by atoms with Gasteiger partial charge in [-0.3, -0.25) is 0 Å². The zero-order chi connectivity index (χ0) is 14.1. The van der Waals surface area contributed by atoms with E-state index in [1.54, 1.807) is 0 Å². The van der Waals surface area contributed by atoms with Crippen molar-refractivity contribution < 1.29 is 14.6 Å². The van der Waals surface area contributed by atoms with E-state index in [9.17, 15) is 4.79 Å². The van der Waals surface area contributed by atoms with Gasteiger partial charge in [-0.15, -0.1) is 0 Å². The Labute approximate surface area is 116 Å². The van der Waals surface area contributed by atoms with Crippen LogP contribution in [0, 0.1) is 5.41 Å². The number of carbonyl (C=O) groups is 1. The molecule has 0 radical (unpaired) electrons. The molecule has 0 aromatic heterocycles. The van der Waals surface area contributed by atoms with E-state index < -0.39 is 0 Å². The quantitative estimate of drug-likeness (QED) is 0.617. The standard InChI is InChI=1S/C14H28N2O3/c1-14(2)7-4-3-6-12(14)16-13(18)15-8-5-10-19-11-9-17/h12,17H,3-11H2,1-2H3,(H2,15,16,18). The van der Waals surface area contributed by atoms with Gasteiger partial charge in [-0.1, -0.05) is 26.7 Å². The van der Waals surface area contributed by atoms with Crippen molar-refractivity contribution in [3.05, 3.63) is 0 Å². The summed E-state index contributed by atoms with van der Waals surface area (Å²) in [6.07, 6.45) is 5.47. The molecule has 19 heavy (non-hydrogen) atoms. The number of ether oxygens (including phenoxy) is 1. The van der Waals surface area contributed by atoms with Crippen LogP contribution in [0.1, 0.15) is 46.0 Å². The fourth-order valence-electron chi connectivity index (χ4n) is 2.51. The highest BCUT2D eigenvalue weighted by Gasteiger charge is 2.32. The Balaban J connectivity index is 2.13. The second-order valence-electron chi connectivity index (χ2n) is 5.88. The summed E-state index contributed by atoms with van der Waals surface area (Å²) in [5.41, 5.74) is 0.194. The topological polar surface area (TPSA) is 70.6 Å². The molecule has 5 nitrogen and oxygen atoms in total. The van der Waals surface area contributed by atoms with Crippen molar-refractivity contribution >= 4 is 6.03 Å². The van der Waals surface area contributed by atoms with E-state index in [4.69, 9.17) is 9.84 Å². The lowest BCUT2D eigenvalue weighted by Gasteiger charge is -2.38. The van der Waals surface area contributed by atoms with Crippen LogP contribution in [-0.2, 0) is 4.74 Å². The monoisotopic (exact) mass is 272 g/mol. The van der Waals surface area contributed by atoms with Gasteiger partial charge in [-0.25, -0.2) is 4.79 Å². The Morgan fingerprint density at radius 1 is 1.37 bits per heavy atom. The molecule has 0 bridgehead atoms. The van der Waals surface area contributed by atoms with Crippen LogP contribution in [0.25, 0.3) is 0 Å². The Kier molecular flexibility index (Phi) is 7.16. The molecule has 1 aliphatic rings. The van der Waals surface area contributed by atoms with E-state index in [-0.39, 0.29) is 24.1 Å². The third kappa shape index (κ3) is 6.25. The molecule has 0 spiro atoms. The Morgan fingerprint density at radius 2 is 2.16 bits per heavy atom. The Morgan fingerprint density at radius 3 is 2.84 bits per heavy atom. The first-order valence-electron chi connectivity index (χ1n) is 7.29. The maximum Gasteiger partial charge on any atom is 0.315 e. The first-order chi connectivity index (χ1) is 9.06. The molecule has 1 aliphatic carbocycles. The summed E-state index contributed by atoms with van der Waals surface area (Å²) >= 11 is 0. The summed E-state index contributed by atoms with van der Waals surface area (Å²) in [4.78, 5) is 11.8. The molecule has 5 heteroatoms. The minimum absolute atomic E-state index is 0.0463. The largest absolute Gasteiger partial charge is 0.394 e. The van der Waals surface area contributed by atoms with E-state index >= 15 is 0 Å². The molecule has 0 aromatic carbocycles. The van der Waals surface area contributed by atoms with E-state index in [0.29, 0.717) is 19.8 Å². The minimum Gasteiger partial charge on any atom is -0.394 e. The maximum absolute atomic E-state index is 11.8. The molecule has 1 rings (SSSR count). The molecule has 0 saturated heterocycles. The van der Waals surface area contributed by atoms with Gasteiger partial charge in [0.15, 0.2) is 0 Å². The zero-order valence-corrected chi connectivity index (χ0v) is 12.2. The number of hydrogen-bond donors (Lipinski definition) is 3. The normalized spacial score (nSPS) is 21.9. The average Bonchev–Trinajstić information content (AvgIpc) is 2.36. The second-order valence-corrected chi connectivity index (χ2v) is 5.88.